The third kappa shape index (κ3) is 2.84. The molecule has 4 rings (SSSR count). The van der Waals surface area contributed by atoms with E-state index >= 15 is 0 Å². The predicted octanol–water partition coefficient (Wildman–Crippen LogP) is 4.40. The van der Waals surface area contributed by atoms with Crippen LogP contribution in [0.1, 0.15) is 44.0 Å². The van der Waals surface area contributed by atoms with Crippen molar-refractivity contribution in [3.8, 4) is 5.75 Å². The van der Waals surface area contributed by atoms with Crippen LogP contribution in [0.4, 0.5) is 0 Å². The predicted molar refractivity (Wildman–Crippen MR) is 106 cm³/mol. The molecule has 4 nitrogen and oxygen atoms in total. The van der Waals surface area contributed by atoms with Gasteiger partial charge in [-0.05, 0) is 48.3 Å². The van der Waals surface area contributed by atoms with E-state index in [9.17, 15) is 0 Å². The molecule has 1 aromatic carbocycles. The zero-order chi connectivity index (χ0) is 18.3. The van der Waals surface area contributed by atoms with E-state index in [1.807, 2.05) is 7.11 Å². The van der Waals surface area contributed by atoms with E-state index in [0.29, 0.717) is 12.0 Å². The summed E-state index contributed by atoms with van der Waals surface area (Å²) in [6.07, 6.45) is 3.60. The van der Waals surface area contributed by atoms with Crippen molar-refractivity contribution in [1.29, 1.82) is 0 Å². The molecule has 26 heavy (non-hydrogen) atoms. The number of piperidine rings is 1. The zero-order valence-electron chi connectivity index (χ0n) is 16.5. The molecule has 2 aliphatic rings. The SMILES string of the molecule is CC[C@@H]1CN2CCc3c([nH]c4cccc(OC)c34)[C@@H]2C[C@@H]1[C@@H](C)COC. The fourth-order valence-corrected chi connectivity index (χ4v) is 5.50. The van der Waals surface area contributed by atoms with Gasteiger partial charge in [0.2, 0.25) is 0 Å². The zero-order valence-corrected chi connectivity index (χ0v) is 16.5. The Morgan fingerprint density at radius 3 is 2.88 bits per heavy atom. The lowest BCUT2D eigenvalue weighted by Gasteiger charge is -2.48. The summed E-state index contributed by atoms with van der Waals surface area (Å²) in [6.45, 7) is 7.95. The molecule has 0 saturated carbocycles. The third-order valence-corrected chi connectivity index (χ3v) is 6.82. The maximum atomic E-state index is 5.66. The molecule has 0 unspecified atom stereocenters. The summed E-state index contributed by atoms with van der Waals surface area (Å²) in [6, 6.07) is 6.85. The first-order valence-electron chi connectivity index (χ1n) is 10.1. The molecule has 3 heterocycles. The van der Waals surface area contributed by atoms with Crippen LogP contribution < -0.4 is 4.74 Å². The van der Waals surface area contributed by atoms with Gasteiger partial charge in [0, 0.05) is 43.4 Å². The van der Waals surface area contributed by atoms with Crippen molar-refractivity contribution >= 4 is 10.9 Å². The highest BCUT2D eigenvalue weighted by atomic mass is 16.5. The lowest BCUT2D eigenvalue weighted by molar-refractivity contribution is 0.00755. The van der Waals surface area contributed by atoms with Crippen LogP contribution in [-0.2, 0) is 11.2 Å². The highest BCUT2D eigenvalue weighted by molar-refractivity contribution is 5.91. The molecule has 0 amide bonds. The normalized spacial score (nSPS) is 27.2. The Balaban J connectivity index is 1.72. The number of H-pyrrole nitrogens is 1. The number of aromatic nitrogens is 1. The van der Waals surface area contributed by atoms with Crippen LogP contribution in [-0.4, -0.2) is 43.8 Å². The summed E-state index contributed by atoms with van der Waals surface area (Å²) < 4.78 is 11.2. The lowest BCUT2D eigenvalue weighted by Crippen LogP contribution is -2.47. The lowest BCUT2D eigenvalue weighted by atomic mass is 9.72. The summed E-state index contributed by atoms with van der Waals surface area (Å²) in [5.74, 6) is 3.11. The summed E-state index contributed by atoms with van der Waals surface area (Å²) in [4.78, 5) is 6.48. The quantitative estimate of drug-likeness (QED) is 0.862. The number of nitrogens with one attached hydrogen (secondary N) is 1. The summed E-state index contributed by atoms with van der Waals surface area (Å²) >= 11 is 0. The van der Waals surface area contributed by atoms with Gasteiger partial charge in [0.25, 0.3) is 0 Å². The van der Waals surface area contributed by atoms with Crippen LogP contribution in [0.25, 0.3) is 10.9 Å². The molecule has 0 radical (unpaired) electrons. The fraction of sp³-hybridized carbons (Fsp3) is 0.636. The van der Waals surface area contributed by atoms with Crippen molar-refractivity contribution in [2.75, 3.05) is 33.9 Å². The van der Waals surface area contributed by atoms with Gasteiger partial charge >= 0.3 is 0 Å². The molecule has 4 atom stereocenters. The number of hydrogen-bond donors (Lipinski definition) is 1. The second kappa shape index (κ2) is 7.24. The number of ether oxygens (including phenoxy) is 2. The van der Waals surface area contributed by atoms with E-state index in [-0.39, 0.29) is 0 Å². The van der Waals surface area contributed by atoms with Crippen LogP contribution in [0.3, 0.4) is 0 Å². The van der Waals surface area contributed by atoms with Gasteiger partial charge in [-0.2, -0.15) is 0 Å². The Labute approximate surface area is 156 Å². The number of fused-ring (bicyclic) bond motifs is 5. The maximum absolute atomic E-state index is 5.66. The van der Waals surface area contributed by atoms with Crippen molar-refractivity contribution < 1.29 is 9.47 Å². The Kier molecular flexibility index (Phi) is 4.98. The average Bonchev–Trinajstić information content (AvgIpc) is 3.06. The monoisotopic (exact) mass is 356 g/mol. The number of hydrogen-bond acceptors (Lipinski definition) is 3. The molecule has 2 aliphatic heterocycles. The highest BCUT2D eigenvalue weighted by Crippen LogP contribution is 2.46. The molecule has 142 valence electrons. The Morgan fingerprint density at radius 1 is 1.31 bits per heavy atom. The van der Waals surface area contributed by atoms with Crippen molar-refractivity contribution in [1.82, 2.24) is 9.88 Å². The van der Waals surface area contributed by atoms with Crippen molar-refractivity contribution in [2.24, 2.45) is 17.8 Å². The highest BCUT2D eigenvalue weighted by Gasteiger charge is 2.41. The first-order valence-corrected chi connectivity index (χ1v) is 10.1. The fourth-order valence-electron chi connectivity index (χ4n) is 5.50. The van der Waals surface area contributed by atoms with Crippen LogP contribution in [0, 0.1) is 17.8 Å². The molecule has 1 saturated heterocycles. The molecule has 0 bridgehead atoms. The third-order valence-electron chi connectivity index (χ3n) is 6.82. The van der Waals surface area contributed by atoms with E-state index in [2.05, 4.69) is 41.9 Å². The minimum Gasteiger partial charge on any atom is -0.496 e. The number of benzene rings is 1. The second-order valence-corrected chi connectivity index (χ2v) is 8.16. The van der Waals surface area contributed by atoms with Crippen LogP contribution >= 0.6 is 0 Å². The molecule has 1 N–H and O–H groups in total. The number of rotatable bonds is 5. The topological polar surface area (TPSA) is 37.5 Å². The number of nitrogens with zero attached hydrogens (tertiary/aromatic N) is 1. The van der Waals surface area contributed by atoms with E-state index in [4.69, 9.17) is 9.47 Å². The van der Waals surface area contributed by atoms with Gasteiger partial charge in [0.15, 0.2) is 0 Å². The molecule has 2 aromatic rings. The summed E-state index contributed by atoms with van der Waals surface area (Å²) in [7, 11) is 3.60. The van der Waals surface area contributed by atoms with Crippen LogP contribution in [0.2, 0.25) is 0 Å². The minimum atomic E-state index is 0.503. The minimum absolute atomic E-state index is 0.503. The van der Waals surface area contributed by atoms with Gasteiger partial charge in [-0.15, -0.1) is 0 Å². The van der Waals surface area contributed by atoms with Gasteiger partial charge < -0.3 is 14.5 Å². The molecule has 1 fully saturated rings. The number of aromatic amines is 1. The van der Waals surface area contributed by atoms with Gasteiger partial charge in [-0.25, -0.2) is 0 Å². The molecule has 1 aromatic heterocycles. The van der Waals surface area contributed by atoms with E-state index in [1.54, 1.807) is 7.11 Å². The van der Waals surface area contributed by atoms with Gasteiger partial charge in [-0.1, -0.05) is 26.3 Å². The Morgan fingerprint density at radius 2 is 2.15 bits per heavy atom. The summed E-state index contributed by atoms with van der Waals surface area (Å²) in [5.41, 5.74) is 4.13. The first kappa shape index (κ1) is 17.9. The first-order chi connectivity index (χ1) is 12.7. The average molecular weight is 357 g/mol. The Bertz CT molecular complexity index is 769. The van der Waals surface area contributed by atoms with Gasteiger partial charge in [0.1, 0.15) is 5.75 Å². The van der Waals surface area contributed by atoms with E-state index in [0.717, 1.165) is 37.2 Å². The molecular weight excluding hydrogens is 324 g/mol. The van der Waals surface area contributed by atoms with E-state index < -0.39 is 0 Å². The van der Waals surface area contributed by atoms with Crippen molar-refractivity contribution in [3.05, 3.63) is 29.5 Å². The smallest absolute Gasteiger partial charge is 0.128 e. The van der Waals surface area contributed by atoms with E-state index in [1.165, 1.54) is 41.5 Å². The molecule has 0 aliphatic carbocycles. The molecular formula is C22H32N2O2. The van der Waals surface area contributed by atoms with Crippen molar-refractivity contribution in [3.63, 3.8) is 0 Å². The van der Waals surface area contributed by atoms with Gasteiger partial charge in [0.05, 0.1) is 13.2 Å². The number of methoxy groups -OCH3 is 2. The maximum Gasteiger partial charge on any atom is 0.128 e. The second-order valence-electron chi connectivity index (χ2n) is 8.16. The van der Waals surface area contributed by atoms with Crippen molar-refractivity contribution in [2.45, 2.75) is 39.2 Å². The Hall–Kier alpha value is -1.52. The van der Waals surface area contributed by atoms with Gasteiger partial charge in [-0.3, -0.25) is 4.90 Å². The molecule has 4 heteroatoms. The molecule has 0 spiro atoms. The standard InChI is InChI=1S/C22H32N2O2/c1-5-15-12-24-10-9-16-21-18(7-6-8-20(21)26-4)23-22(16)19(24)11-17(15)14(2)13-25-3/h6-8,14-15,17,19,23H,5,9-13H2,1-4H3/t14-,15+,17+,19-/m0/s1. The van der Waals surface area contributed by atoms with Crippen LogP contribution in [0.5, 0.6) is 5.75 Å². The largest absolute Gasteiger partial charge is 0.496 e. The summed E-state index contributed by atoms with van der Waals surface area (Å²) in [5, 5.41) is 1.30. The van der Waals surface area contributed by atoms with Crippen LogP contribution in [0.15, 0.2) is 18.2 Å².